The van der Waals surface area contributed by atoms with Gasteiger partial charge in [0.2, 0.25) is 0 Å². The number of phosphoric acid groups is 1. The van der Waals surface area contributed by atoms with Crippen LogP contribution in [0.1, 0.15) is 103 Å². The molecular weight excluding hydrogens is 445 g/mol. The van der Waals surface area contributed by atoms with E-state index in [0.29, 0.717) is 6.42 Å². The van der Waals surface area contributed by atoms with Crippen LogP contribution in [-0.2, 0) is 23.1 Å². The third-order valence-electron chi connectivity index (χ3n) is 5.13. The van der Waals surface area contributed by atoms with Gasteiger partial charge in [-0.05, 0) is 32.1 Å². The molecule has 0 aromatic carbocycles. The molecular formula is C24H48NO7P. The normalized spacial score (nSPS) is 14.4. The van der Waals surface area contributed by atoms with E-state index in [2.05, 4.69) is 28.1 Å². The molecule has 0 aliphatic rings. The van der Waals surface area contributed by atoms with Crippen molar-refractivity contribution in [1.82, 2.24) is 0 Å². The largest absolute Gasteiger partial charge is 0.472 e. The fourth-order valence-electron chi connectivity index (χ4n) is 3.21. The molecule has 196 valence electrons. The number of unbranched alkanes of at least 4 members (excludes halogenated alkanes) is 12. The van der Waals surface area contributed by atoms with Crippen LogP contribution in [0.3, 0.4) is 0 Å². The van der Waals surface area contributed by atoms with Crippen LogP contribution in [0.5, 0.6) is 0 Å². The van der Waals surface area contributed by atoms with Crippen molar-refractivity contribution in [2.75, 3.05) is 26.4 Å². The van der Waals surface area contributed by atoms with Gasteiger partial charge < -0.3 is 20.5 Å². The van der Waals surface area contributed by atoms with Gasteiger partial charge in [0.25, 0.3) is 0 Å². The Hall–Kier alpha value is -0.760. The Bertz CT molecular complexity index is 531. The summed E-state index contributed by atoms with van der Waals surface area (Å²) in [5, 5.41) is 9.68. The monoisotopic (exact) mass is 493 g/mol. The van der Waals surface area contributed by atoms with Crippen LogP contribution in [-0.4, -0.2) is 48.4 Å². The summed E-state index contributed by atoms with van der Waals surface area (Å²) < 4.78 is 25.5. The van der Waals surface area contributed by atoms with Crippen molar-refractivity contribution >= 4 is 13.8 Å². The van der Waals surface area contributed by atoms with Crippen molar-refractivity contribution < 1.29 is 33.1 Å². The van der Waals surface area contributed by atoms with Crippen molar-refractivity contribution in [2.24, 2.45) is 5.73 Å². The lowest BCUT2D eigenvalue weighted by molar-refractivity contribution is -0.147. The van der Waals surface area contributed by atoms with Crippen molar-refractivity contribution in [3.05, 3.63) is 12.2 Å². The van der Waals surface area contributed by atoms with Gasteiger partial charge in [0.1, 0.15) is 12.7 Å². The summed E-state index contributed by atoms with van der Waals surface area (Å²) in [5.74, 6) is -0.395. The van der Waals surface area contributed by atoms with Crippen LogP contribution in [0.4, 0.5) is 0 Å². The van der Waals surface area contributed by atoms with Gasteiger partial charge in [0.15, 0.2) is 0 Å². The van der Waals surface area contributed by atoms with Gasteiger partial charge in [-0.25, -0.2) is 4.57 Å². The fourth-order valence-corrected chi connectivity index (χ4v) is 3.98. The number of aliphatic hydroxyl groups excluding tert-OH is 1. The number of carbonyl (C=O) groups is 1. The zero-order valence-electron chi connectivity index (χ0n) is 20.6. The van der Waals surface area contributed by atoms with Gasteiger partial charge in [-0.1, -0.05) is 76.9 Å². The van der Waals surface area contributed by atoms with Gasteiger partial charge in [-0.2, -0.15) is 0 Å². The number of hydrogen-bond donors (Lipinski definition) is 3. The number of phosphoric ester groups is 1. The van der Waals surface area contributed by atoms with E-state index in [0.717, 1.165) is 32.1 Å². The molecule has 0 saturated carbocycles. The second-order valence-electron chi connectivity index (χ2n) is 8.41. The lowest BCUT2D eigenvalue weighted by atomic mass is 10.1. The average Bonchev–Trinajstić information content (AvgIpc) is 2.80. The van der Waals surface area contributed by atoms with E-state index in [1.165, 1.54) is 57.8 Å². The molecule has 0 aromatic rings. The molecule has 33 heavy (non-hydrogen) atoms. The second kappa shape index (κ2) is 23.0. The zero-order chi connectivity index (χ0) is 24.6. The lowest BCUT2D eigenvalue weighted by Crippen LogP contribution is -2.23. The van der Waals surface area contributed by atoms with Crippen LogP contribution in [0, 0.1) is 0 Å². The minimum atomic E-state index is -4.24. The first-order valence-corrected chi connectivity index (χ1v) is 14.2. The molecule has 0 fully saturated rings. The molecule has 2 atom stereocenters. The number of rotatable bonds is 24. The maximum atomic E-state index is 11.7. The van der Waals surface area contributed by atoms with Gasteiger partial charge in [-0.15, -0.1) is 0 Å². The van der Waals surface area contributed by atoms with Gasteiger partial charge in [-0.3, -0.25) is 13.8 Å². The summed E-state index contributed by atoms with van der Waals surface area (Å²) in [4.78, 5) is 21.0. The minimum absolute atomic E-state index is 0.0739. The number of esters is 1. The Labute approximate surface area is 200 Å². The standard InChI is InChI=1S/C24H48NO7P/c1-2-3-4-5-6-7-8-9-10-11-12-13-14-15-16-17-18-24(27)30-21-23(26)22-32-33(28,29)31-20-19-25/h10-11,23,26H,2-9,12-22,25H2,1H3,(H,28,29)/b11-10-/t23-/m1/s1. The Morgan fingerprint density at radius 3 is 2.00 bits per heavy atom. The summed E-state index contributed by atoms with van der Waals surface area (Å²) in [6, 6.07) is 0. The van der Waals surface area contributed by atoms with Crippen LogP contribution in [0.2, 0.25) is 0 Å². The number of carbonyl (C=O) groups excluding carboxylic acids is 1. The molecule has 9 heteroatoms. The first-order chi connectivity index (χ1) is 15.9. The van der Waals surface area contributed by atoms with E-state index in [1.807, 2.05) is 0 Å². The Morgan fingerprint density at radius 2 is 1.42 bits per heavy atom. The number of ether oxygens (including phenoxy) is 1. The van der Waals surface area contributed by atoms with Crippen molar-refractivity contribution in [1.29, 1.82) is 0 Å². The predicted octanol–water partition coefficient (Wildman–Crippen LogP) is 5.41. The van der Waals surface area contributed by atoms with Crippen molar-refractivity contribution in [3.8, 4) is 0 Å². The Kier molecular flexibility index (Phi) is 22.5. The molecule has 0 bridgehead atoms. The fraction of sp³-hybridized carbons (Fsp3) is 0.875. The molecule has 1 unspecified atom stereocenters. The summed E-state index contributed by atoms with van der Waals surface area (Å²) >= 11 is 0. The lowest BCUT2D eigenvalue weighted by Gasteiger charge is -2.15. The summed E-state index contributed by atoms with van der Waals surface area (Å²) in [5.41, 5.74) is 5.17. The highest BCUT2D eigenvalue weighted by molar-refractivity contribution is 7.47. The molecule has 0 heterocycles. The first-order valence-electron chi connectivity index (χ1n) is 12.7. The molecule has 0 aliphatic carbocycles. The summed E-state index contributed by atoms with van der Waals surface area (Å²) in [6.45, 7) is 1.43. The van der Waals surface area contributed by atoms with E-state index in [-0.39, 0.29) is 19.8 Å². The number of hydrogen-bond acceptors (Lipinski definition) is 7. The number of nitrogens with two attached hydrogens (primary N) is 1. The smallest absolute Gasteiger partial charge is 0.463 e. The third kappa shape index (κ3) is 24.2. The van der Waals surface area contributed by atoms with E-state index in [4.69, 9.17) is 10.5 Å². The molecule has 0 radical (unpaired) electrons. The molecule has 8 nitrogen and oxygen atoms in total. The predicted molar refractivity (Wildman–Crippen MR) is 132 cm³/mol. The molecule has 4 N–H and O–H groups in total. The molecule has 0 spiro atoms. The first kappa shape index (κ1) is 32.2. The van der Waals surface area contributed by atoms with Gasteiger partial charge in [0, 0.05) is 13.0 Å². The topological polar surface area (TPSA) is 128 Å². The minimum Gasteiger partial charge on any atom is -0.463 e. The highest BCUT2D eigenvalue weighted by atomic mass is 31.2. The second-order valence-corrected chi connectivity index (χ2v) is 9.86. The quantitative estimate of drug-likeness (QED) is 0.0704. The van der Waals surface area contributed by atoms with Crippen LogP contribution < -0.4 is 5.73 Å². The van der Waals surface area contributed by atoms with E-state index in [1.54, 1.807) is 0 Å². The van der Waals surface area contributed by atoms with E-state index < -0.39 is 26.5 Å². The average molecular weight is 494 g/mol. The maximum Gasteiger partial charge on any atom is 0.472 e. The van der Waals surface area contributed by atoms with Crippen LogP contribution in [0.15, 0.2) is 12.2 Å². The SMILES string of the molecule is CCCCCCCCC/C=C\CCCCCCCC(=O)OC[C@@H](O)COP(=O)(O)OCCN. The van der Waals surface area contributed by atoms with Crippen LogP contribution >= 0.6 is 7.82 Å². The van der Waals surface area contributed by atoms with Crippen molar-refractivity contribution in [2.45, 2.75) is 109 Å². The third-order valence-corrected chi connectivity index (χ3v) is 6.12. The zero-order valence-corrected chi connectivity index (χ0v) is 21.5. The molecule has 0 aromatic heterocycles. The maximum absolute atomic E-state index is 11.7. The highest BCUT2D eigenvalue weighted by Gasteiger charge is 2.22. The van der Waals surface area contributed by atoms with E-state index in [9.17, 15) is 19.4 Å². The summed E-state index contributed by atoms with van der Waals surface area (Å²) in [6.07, 6.45) is 20.6. The highest BCUT2D eigenvalue weighted by Crippen LogP contribution is 2.42. The molecule has 0 saturated heterocycles. The number of aliphatic hydroxyl groups is 1. The molecule has 0 amide bonds. The molecule has 0 rings (SSSR count). The summed E-state index contributed by atoms with van der Waals surface area (Å²) in [7, 11) is -4.24. The molecule has 0 aliphatic heterocycles. The van der Waals surface area contributed by atoms with Gasteiger partial charge in [0.05, 0.1) is 13.2 Å². The Balaban J connectivity index is 3.47. The van der Waals surface area contributed by atoms with Gasteiger partial charge >= 0.3 is 13.8 Å². The Morgan fingerprint density at radius 1 is 0.879 bits per heavy atom. The van der Waals surface area contributed by atoms with Crippen molar-refractivity contribution in [3.63, 3.8) is 0 Å². The number of allylic oxidation sites excluding steroid dienone is 2. The van der Waals surface area contributed by atoms with E-state index >= 15 is 0 Å². The van der Waals surface area contributed by atoms with Crippen LogP contribution in [0.25, 0.3) is 0 Å².